The van der Waals surface area contributed by atoms with Crippen LogP contribution in [-0.4, -0.2) is 10.6 Å². The molecule has 0 aliphatic heterocycles. The van der Waals surface area contributed by atoms with E-state index in [-0.39, 0.29) is 0 Å². The second kappa shape index (κ2) is 5.87. The Morgan fingerprint density at radius 1 is 1.08 bits per heavy atom. The molecule has 4 saturated carbocycles. The molecular formula is C23H32N2. The van der Waals surface area contributed by atoms with Gasteiger partial charge in [-0.2, -0.15) is 0 Å². The van der Waals surface area contributed by atoms with Crippen LogP contribution in [0.2, 0.25) is 0 Å². The molecule has 134 valence electrons. The molecule has 0 amide bonds. The Balaban J connectivity index is 1.35. The molecule has 0 spiro atoms. The lowest BCUT2D eigenvalue weighted by molar-refractivity contribution is -0.0706. The fraction of sp³-hybridized carbons (Fsp3) is 0.652. The molecule has 1 atom stereocenters. The van der Waals surface area contributed by atoms with Crippen LogP contribution >= 0.6 is 0 Å². The van der Waals surface area contributed by atoms with E-state index < -0.39 is 0 Å². The Morgan fingerprint density at radius 2 is 1.72 bits per heavy atom. The fourth-order valence-electron chi connectivity index (χ4n) is 6.91. The molecule has 25 heavy (non-hydrogen) atoms. The molecule has 1 aromatic heterocycles. The summed E-state index contributed by atoms with van der Waals surface area (Å²) in [5, 5.41) is 5.40. The van der Waals surface area contributed by atoms with Crippen molar-refractivity contribution in [1.82, 2.24) is 9.88 Å². The maximum Gasteiger partial charge on any atom is 0.0483 e. The van der Waals surface area contributed by atoms with Gasteiger partial charge in [-0.3, -0.25) is 0 Å². The lowest BCUT2D eigenvalue weighted by atomic mass is 9.48. The first-order valence-corrected chi connectivity index (χ1v) is 10.5. The van der Waals surface area contributed by atoms with E-state index in [4.69, 9.17) is 0 Å². The predicted octanol–water partition coefficient (Wildman–Crippen LogP) is 5.36. The normalized spacial score (nSPS) is 34.7. The summed E-state index contributed by atoms with van der Waals surface area (Å²) < 4.78 is 2.39. The molecule has 4 aliphatic carbocycles. The number of aryl methyl sites for hydroxylation is 1. The number of fused-ring (bicyclic) bond motifs is 1. The zero-order valence-corrected chi connectivity index (χ0v) is 15.8. The number of hydrogen-bond acceptors (Lipinski definition) is 1. The Morgan fingerprint density at radius 3 is 2.36 bits per heavy atom. The smallest absolute Gasteiger partial charge is 0.0483 e. The van der Waals surface area contributed by atoms with Crippen LogP contribution in [0.5, 0.6) is 0 Å². The van der Waals surface area contributed by atoms with E-state index in [1.807, 2.05) is 0 Å². The molecule has 0 saturated heterocycles. The van der Waals surface area contributed by atoms with Gasteiger partial charge < -0.3 is 9.88 Å². The number of nitrogens with zero attached hydrogens (tertiary/aromatic N) is 1. The first kappa shape index (κ1) is 15.9. The topological polar surface area (TPSA) is 17.0 Å². The minimum atomic E-state index is 0.595. The molecule has 1 N–H and O–H groups in total. The van der Waals surface area contributed by atoms with E-state index in [0.717, 1.165) is 30.8 Å². The Kier molecular flexibility index (Phi) is 3.74. The molecule has 4 fully saturated rings. The maximum absolute atomic E-state index is 3.97. The highest BCUT2D eigenvalue weighted by Gasteiger charge is 2.52. The molecule has 6 rings (SSSR count). The average Bonchev–Trinajstić information content (AvgIpc) is 2.96. The third-order valence-electron chi connectivity index (χ3n) is 7.81. The van der Waals surface area contributed by atoms with Gasteiger partial charge in [0.25, 0.3) is 0 Å². The van der Waals surface area contributed by atoms with Crippen molar-refractivity contribution < 1.29 is 0 Å². The first-order chi connectivity index (χ1) is 12.2. The number of rotatable bonds is 5. The standard InChI is InChI=1S/C23H32N2/c1-3-25-15-20(21-6-4-5-7-22(21)25)14-24-16(2)23-11-17-8-18(12-23)10-19(9-17)13-23/h4-7,15-19,24H,3,8-14H2,1-2H3. The van der Waals surface area contributed by atoms with Gasteiger partial charge in [0.2, 0.25) is 0 Å². The van der Waals surface area contributed by atoms with E-state index in [2.05, 4.69) is 54.2 Å². The van der Waals surface area contributed by atoms with E-state index in [0.29, 0.717) is 11.5 Å². The van der Waals surface area contributed by atoms with Crippen LogP contribution in [0.4, 0.5) is 0 Å². The van der Waals surface area contributed by atoms with Crippen LogP contribution in [0.15, 0.2) is 30.5 Å². The third-order valence-corrected chi connectivity index (χ3v) is 7.81. The summed E-state index contributed by atoms with van der Waals surface area (Å²) in [7, 11) is 0. The highest BCUT2D eigenvalue weighted by molar-refractivity contribution is 5.83. The molecule has 4 bridgehead atoms. The fourth-order valence-corrected chi connectivity index (χ4v) is 6.91. The maximum atomic E-state index is 3.97. The zero-order valence-electron chi connectivity index (χ0n) is 15.8. The van der Waals surface area contributed by atoms with Crippen LogP contribution < -0.4 is 5.32 Å². The number of hydrogen-bond donors (Lipinski definition) is 1. The minimum Gasteiger partial charge on any atom is -0.347 e. The molecule has 1 unspecified atom stereocenters. The van der Waals surface area contributed by atoms with Crippen molar-refractivity contribution in [2.24, 2.45) is 23.2 Å². The van der Waals surface area contributed by atoms with Crippen LogP contribution in [0.25, 0.3) is 10.9 Å². The summed E-state index contributed by atoms with van der Waals surface area (Å²) in [5.74, 6) is 3.12. The molecule has 2 heteroatoms. The molecule has 2 aromatic rings. The minimum absolute atomic E-state index is 0.595. The number of aromatic nitrogens is 1. The van der Waals surface area contributed by atoms with Gasteiger partial charge in [0.05, 0.1) is 0 Å². The van der Waals surface area contributed by atoms with Crippen LogP contribution in [0.3, 0.4) is 0 Å². The molecule has 1 aromatic carbocycles. The highest BCUT2D eigenvalue weighted by Crippen LogP contribution is 2.61. The molecule has 0 radical (unpaired) electrons. The second-order valence-electron chi connectivity index (χ2n) is 9.34. The van der Waals surface area contributed by atoms with E-state index in [9.17, 15) is 0 Å². The summed E-state index contributed by atoms with van der Waals surface area (Å²) in [6.07, 6.45) is 11.4. The van der Waals surface area contributed by atoms with E-state index in [1.54, 1.807) is 0 Å². The van der Waals surface area contributed by atoms with Crippen LogP contribution in [0.1, 0.15) is 57.9 Å². The van der Waals surface area contributed by atoms with Gasteiger partial charge in [-0.1, -0.05) is 18.2 Å². The predicted molar refractivity (Wildman–Crippen MR) is 105 cm³/mol. The lowest BCUT2D eigenvalue weighted by Gasteiger charge is -2.59. The largest absolute Gasteiger partial charge is 0.347 e. The monoisotopic (exact) mass is 336 g/mol. The van der Waals surface area contributed by atoms with Gasteiger partial charge >= 0.3 is 0 Å². The van der Waals surface area contributed by atoms with Crippen molar-refractivity contribution in [1.29, 1.82) is 0 Å². The van der Waals surface area contributed by atoms with Crippen molar-refractivity contribution in [2.45, 2.75) is 71.5 Å². The molecular weight excluding hydrogens is 304 g/mol. The van der Waals surface area contributed by atoms with Gasteiger partial charge in [0.1, 0.15) is 0 Å². The van der Waals surface area contributed by atoms with Crippen molar-refractivity contribution in [3.05, 3.63) is 36.0 Å². The summed E-state index contributed by atoms with van der Waals surface area (Å²) >= 11 is 0. The molecule has 4 aliphatic rings. The Hall–Kier alpha value is -1.28. The van der Waals surface area contributed by atoms with Crippen LogP contribution in [0, 0.1) is 23.2 Å². The van der Waals surface area contributed by atoms with Gasteiger partial charge in [-0.25, -0.2) is 0 Å². The number of para-hydroxylation sites is 1. The summed E-state index contributed by atoms with van der Waals surface area (Å²) in [6, 6.07) is 9.52. The quantitative estimate of drug-likeness (QED) is 0.778. The first-order valence-electron chi connectivity index (χ1n) is 10.5. The van der Waals surface area contributed by atoms with Crippen molar-refractivity contribution in [3.63, 3.8) is 0 Å². The Labute approximate surface area is 152 Å². The van der Waals surface area contributed by atoms with E-state index >= 15 is 0 Å². The molecule has 2 nitrogen and oxygen atoms in total. The van der Waals surface area contributed by atoms with Crippen molar-refractivity contribution in [2.75, 3.05) is 0 Å². The van der Waals surface area contributed by atoms with E-state index in [1.165, 1.54) is 55.0 Å². The van der Waals surface area contributed by atoms with Gasteiger partial charge in [-0.15, -0.1) is 0 Å². The van der Waals surface area contributed by atoms with Gasteiger partial charge in [0, 0.05) is 36.2 Å². The highest BCUT2D eigenvalue weighted by atomic mass is 15.0. The SMILES string of the molecule is CCn1cc(CNC(C)C23CC4CC(CC(C4)C2)C3)c2ccccc21. The lowest BCUT2D eigenvalue weighted by Crippen LogP contribution is -2.54. The zero-order chi connectivity index (χ0) is 17.0. The van der Waals surface area contributed by atoms with Gasteiger partial charge in [0.15, 0.2) is 0 Å². The average molecular weight is 337 g/mol. The summed E-state index contributed by atoms with van der Waals surface area (Å²) in [4.78, 5) is 0. The van der Waals surface area contributed by atoms with Gasteiger partial charge in [-0.05, 0) is 87.2 Å². The van der Waals surface area contributed by atoms with Crippen molar-refractivity contribution >= 4 is 10.9 Å². The summed E-state index contributed by atoms with van der Waals surface area (Å²) in [5.41, 5.74) is 3.44. The number of nitrogens with one attached hydrogen (secondary N) is 1. The second-order valence-corrected chi connectivity index (χ2v) is 9.34. The summed E-state index contributed by atoms with van der Waals surface area (Å²) in [6.45, 7) is 6.77. The Bertz CT molecular complexity index is 736. The van der Waals surface area contributed by atoms with Crippen LogP contribution in [-0.2, 0) is 13.1 Å². The molecule has 1 heterocycles. The number of benzene rings is 1. The van der Waals surface area contributed by atoms with Crippen molar-refractivity contribution in [3.8, 4) is 0 Å². The third kappa shape index (κ3) is 2.56.